The molecule has 0 radical (unpaired) electrons. The van der Waals surface area contributed by atoms with E-state index in [4.69, 9.17) is 10.5 Å². The van der Waals surface area contributed by atoms with Crippen LogP contribution in [-0.2, 0) is 4.74 Å². The molecule has 1 heterocycles. The van der Waals surface area contributed by atoms with Gasteiger partial charge in [0.25, 0.3) is 0 Å². The molecule has 0 aromatic heterocycles. The lowest BCUT2D eigenvalue weighted by atomic mass is 9.62. The van der Waals surface area contributed by atoms with Gasteiger partial charge in [-0.05, 0) is 24.7 Å². The third-order valence-corrected chi connectivity index (χ3v) is 5.07. The van der Waals surface area contributed by atoms with Crippen LogP contribution in [0.2, 0.25) is 0 Å². The molecule has 0 aromatic rings. The van der Waals surface area contributed by atoms with Crippen LogP contribution in [0.15, 0.2) is 0 Å². The molecule has 2 rings (SSSR count). The van der Waals surface area contributed by atoms with Gasteiger partial charge < -0.3 is 10.5 Å². The second-order valence-corrected chi connectivity index (χ2v) is 6.28. The number of nitrogens with two attached hydrogens (primary N) is 1. The average molecular weight is 240 g/mol. The highest BCUT2D eigenvalue weighted by Gasteiger charge is 2.49. The van der Waals surface area contributed by atoms with E-state index in [0.29, 0.717) is 5.41 Å². The van der Waals surface area contributed by atoms with Gasteiger partial charge in [-0.2, -0.15) is 0 Å². The Kier molecular flexibility index (Phi) is 4.11. The van der Waals surface area contributed by atoms with Crippen molar-refractivity contribution in [2.75, 3.05) is 32.8 Å². The first-order valence-electron chi connectivity index (χ1n) is 7.15. The molecular formula is C14H28N2O. The van der Waals surface area contributed by atoms with Gasteiger partial charge in [0.05, 0.1) is 6.61 Å². The minimum Gasteiger partial charge on any atom is -0.380 e. The standard InChI is InChI=1S/C14H28N2O/c1-13(2)6-3-4-7-14(13,12-15)16-8-5-10-17-11-9-16/h3-12,15H2,1-2H3. The molecule has 2 aliphatic rings. The summed E-state index contributed by atoms with van der Waals surface area (Å²) < 4.78 is 5.59. The van der Waals surface area contributed by atoms with E-state index in [1.165, 1.54) is 25.7 Å². The van der Waals surface area contributed by atoms with Crippen molar-refractivity contribution < 1.29 is 4.74 Å². The summed E-state index contributed by atoms with van der Waals surface area (Å²) in [6, 6.07) is 0. The number of ether oxygens (including phenoxy) is 1. The lowest BCUT2D eigenvalue weighted by Crippen LogP contribution is -2.64. The zero-order chi connectivity index (χ0) is 12.4. The average Bonchev–Trinajstić information content (AvgIpc) is 2.58. The molecule has 1 saturated heterocycles. The monoisotopic (exact) mass is 240 g/mol. The maximum atomic E-state index is 6.21. The number of rotatable bonds is 2. The van der Waals surface area contributed by atoms with Gasteiger partial charge in [-0.3, -0.25) is 4.90 Å². The van der Waals surface area contributed by atoms with Crippen molar-refractivity contribution >= 4 is 0 Å². The molecular weight excluding hydrogens is 212 g/mol. The van der Waals surface area contributed by atoms with Crippen LogP contribution in [0.4, 0.5) is 0 Å². The van der Waals surface area contributed by atoms with Gasteiger partial charge in [0.2, 0.25) is 0 Å². The zero-order valence-electron chi connectivity index (χ0n) is 11.5. The van der Waals surface area contributed by atoms with E-state index >= 15 is 0 Å². The smallest absolute Gasteiger partial charge is 0.0593 e. The summed E-state index contributed by atoms with van der Waals surface area (Å²) in [6.07, 6.45) is 6.41. The van der Waals surface area contributed by atoms with Crippen molar-refractivity contribution in [1.29, 1.82) is 0 Å². The predicted molar refractivity (Wildman–Crippen MR) is 71.0 cm³/mol. The summed E-state index contributed by atoms with van der Waals surface area (Å²) in [5.41, 5.74) is 6.76. The Labute approximate surface area is 106 Å². The third kappa shape index (κ3) is 2.38. The minimum atomic E-state index is 0.207. The van der Waals surface area contributed by atoms with Crippen LogP contribution in [-0.4, -0.2) is 43.3 Å². The molecule has 3 heteroatoms. The van der Waals surface area contributed by atoms with E-state index in [0.717, 1.165) is 39.3 Å². The summed E-state index contributed by atoms with van der Waals surface area (Å²) in [6.45, 7) is 9.60. The largest absolute Gasteiger partial charge is 0.380 e. The van der Waals surface area contributed by atoms with Gasteiger partial charge in [-0.1, -0.05) is 26.7 Å². The van der Waals surface area contributed by atoms with Crippen molar-refractivity contribution in [3.05, 3.63) is 0 Å². The van der Waals surface area contributed by atoms with Crippen molar-refractivity contribution in [3.63, 3.8) is 0 Å². The summed E-state index contributed by atoms with van der Waals surface area (Å²) in [5, 5.41) is 0. The van der Waals surface area contributed by atoms with Crippen molar-refractivity contribution in [2.24, 2.45) is 11.1 Å². The molecule has 1 saturated carbocycles. The molecule has 100 valence electrons. The Bertz CT molecular complexity index is 247. The van der Waals surface area contributed by atoms with Gasteiger partial charge in [0.1, 0.15) is 0 Å². The number of nitrogens with zero attached hydrogens (tertiary/aromatic N) is 1. The maximum absolute atomic E-state index is 6.21. The van der Waals surface area contributed by atoms with E-state index in [2.05, 4.69) is 18.7 Å². The van der Waals surface area contributed by atoms with Crippen LogP contribution in [0.25, 0.3) is 0 Å². The van der Waals surface area contributed by atoms with Gasteiger partial charge in [0.15, 0.2) is 0 Å². The Balaban J connectivity index is 2.21. The number of hydrogen-bond acceptors (Lipinski definition) is 3. The molecule has 3 nitrogen and oxygen atoms in total. The molecule has 1 unspecified atom stereocenters. The van der Waals surface area contributed by atoms with E-state index in [1.807, 2.05) is 0 Å². The maximum Gasteiger partial charge on any atom is 0.0593 e. The Morgan fingerprint density at radius 2 is 1.82 bits per heavy atom. The second kappa shape index (κ2) is 5.25. The summed E-state index contributed by atoms with van der Waals surface area (Å²) in [5.74, 6) is 0. The van der Waals surface area contributed by atoms with Crippen molar-refractivity contribution in [2.45, 2.75) is 51.5 Å². The molecule has 2 N–H and O–H groups in total. The minimum absolute atomic E-state index is 0.207. The Hall–Kier alpha value is -0.120. The topological polar surface area (TPSA) is 38.5 Å². The highest BCUT2D eigenvalue weighted by Crippen LogP contribution is 2.47. The van der Waals surface area contributed by atoms with Crippen LogP contribution in [0.1, 0.15) is 46.0 Å². The van der Waals surface area contributed by atoms with Crippen molar-refractivity contribution in [1.82, 2.24) is 4.90 Å². The molecule has 0 spiro atoms. The van der Waals surface area contributed by atoms with Crippen LogP contribution < -0.4 is 5.73 Å². The fourth-order valence-electron chi connectivity index (χ4n) is 3.82. The normalized spacial score (nSPS) is 35.5. The molecule has 0 aromatic carbocycles. The molecule has 2 fully saturated rings. The van der Waals surface area contributed by atoms with Gasteiger partial charge in [-0.25, -0.2) is 0 Å². The first-order chi connectivity index (χ1) is 8.12. The third-order valence-electron chi connectivity index (χ3n) is 5.07. The fraction of sp³-hybridized carbons (Fsp3) is 1.00. The Morgan fingerprint density at radius 1 is 1.06 bits per heavy atom. The summed E-state index contributed by atoms with van der Waals surface area (Å²) >= 11 is 0. The first-order valence-corrected chi connectivity index (χ1v) is 7.15. The van der Waals surface area contributed by atoms with Gasteiger partial charge in [0, 0.05) is 31.8 Å². The van der Waals surface area contributed by atoms with E-state index in [-0.39, 0.29) is 5.54 Å². The second-order valence-electron chi connectivity index (χ2n) is 6.28. The van der Waals surface area contributed by atoms with Crippen LogP contribution >= 0.6 is 0 Å². The predicted octanol–water partition coefficient (Wildman–Crippen LogP) is 2.01. The Morgan fingerprint density at radius 3 is 2.53 bits per heavy atom. The lowest BCUT2D eigenvalue weighted by molar-refractivity contribution is -0.0440. The highest BCUT2D eigenvalue weighted by molar-refractivity contribution is 5.05. The number of hydrogen-bond donors (Lipinski definition) is 1. The highest BCUT2D eigenvalue weighted by atomic mass is 16.5. The lowest BCUT2D eigenvalue weighted by Gasteiger charge is -2.56. The van der Waals surface area contributed by atoms with Gasteiger partial charge in [-0.15, -0.1) is 0 Å². The molecule has 0 bridgehead atoms. The fourth-order valence-corrected chi connectivity index (χ4v) is 3.82. The summed E-state index contributed by atoms with van der Waals surface area (Å²) in [4.78, 5) is 2.64. The van der Waals surface area contributed by atoms with E-state index in [1.54, 1.807) is 0 Å². The van der Waals surface area contributed by atoms with Crippen molar-refractivity contribution in [3.8, 4) is 0 Å². The SMILES string of the molecule is CC1(C)CCCCC1(CN)N1CCCOCC1. The quantitative estimate of drug-likeness (QED) is 0.802. The first kappa shape index (κ1) is 13.3. The van der Waals surface area contributed by atoms with E-state index in [9.17, 15) is 0 Å². The van der Waals surface area contributed by atoms with E-state index < -0.39 is 0 Å². The van der Waals surface area contributed by atoms with Crippen LogP contribution in [0.3, 0.4) is 0 Å². The van der Waals surface area contributed by atoms with Crippen LogP contribution in [0, 0.1) is 5.41 Å². The molecule has 1 atom stereocenters. The molecule has 0 amide bonds. The zero-order valence-corrected chi connectivity index (χ0v) is 11.5. The molecule has 1 aliphatic heterocycles. The van der Waals surface area contributed by atoms with Crippen LogP contribution in [0.5, 0.6) is 0 Å². The van der Waals surface area contributed by atoms with Gasteiger partial charge >= 0.3 is 0 Å². The molecule has 1 aliphatic carbocycles. The molecule has 17 heavy (non-hydrogen) atoms. The summed E-state index contributed by atoms with van der Waals surface area (Å²) in [7, 11) is 0.